The van der Waals surface area contributed by atoms with Crippen molar-refractivity contribution < 1.29 is 28.7 Å². The lowest BCUT2D eigenvalue weighted by Gasteiger charge is -2.17. The summed E-state index contributed by atoms with van der Waals surface area (Å²) >= 11 is 0. The second-order valence-corrected chi connectivity index (χ2v) is 6.50. The molecule has 2 aromatic rings. The molecule has 2 amide bonds. The smallest absolute Gasteiger partial charge is 0.337 e. The van der Waals surface area contributed by atoms with Crippen LogP contribution in [0, 0.1) is 5.92 Å². The molecule has 1 fully saturated rings. The maximum Gasteiger partial charge on any atom is 0.337 e. The second kappa shape index (κ2) is 8.55. The fourth-order valence-electron chi connectivity index (χ4n) is 3.08. The first-order valence-electron chi connectivity index (χ1n) is 8.91. The van der Waals surface area contributed by atoms with E-state index >= 15 is 0 Å². The van der Waals surface area contributed by atoms with Gasteiger partial charge in [0, 0.05) is 24.3 Å². The molecule has 1 aliphatic heterocycles. The van der Waals surface area contributed by atoms with Crippen LogP contribution in [0.1, 0.15) is 27.1 Å². The monoisotopic (exact) mass is 396 g/mol. The van der Waals surface area contributed by atoms with Gasteiger partial charge in [0.1, 0.15) is 0 Å². The van der Waals surface area contributed by atoms with E-state index in [0.717, 1.165) is 0 Å². The Morgan fingerprint density at radius 1 is 0.897 bits per heavy atom. The van der Waals surface area contributed by atoms with Crippen LogP contribution in [0.15, 0.2) is 48.5 Å². The quantitative estimate of drug-likeness (QED) is 0.778. The Hall–Kier alpha value is -3.68. The molecule has 0 aliphatic carbocycles. The SMILES string of the molecule is COC(=O)c1ccc(NC(=O)C2CC(=O)N(c3ccc(C(=O)OC)cc3)C2)cc1. The summed E-state index contributed by atoms with van der Waals surface area (Å²) in [4.78, 5) is 49.4. The van der Waals surface area contributed by atoms with Gasteiger partial charge in [0.25, 0.3) is 0 Å². The summed E-state index contributed by atoms with van der Waals surface area (Å²) in [5.74, 6) is -1.88. The van der Waals surface area contributed by atoms with Crippen molar-refractivity contribution in [2.45, 2.75) is 6.42 Å². The summed E-state index contributed by atoms with van der Waals surface area (Å²) in [6.07, 6.45) is 0.0881. The van der Waals surface area contributed by atoms with Crippen LogP contribution >= 0.6 is 0 Å². The van der Waals surface area contributed by atoms with Gasteiger partial charge in [0.15, 0.2) is 0 Å². The predicted molar refractivity (Wildman–Crippen MR) is 105 cm³/mol. The molecule has 150 valence electrons. The zero-order valence-corrected chi connectivity index (χ0v) is 16.0. The second-order valence-electron chi connectivity index (χ2n) is 6.50. The minimum Gasteiger partial charge on any atom is -0.465 e. The molecule has 3 rings (SSSR count). The van der Waals surface area contributed by atoms with E-state index in [2.05, 4.69) is 14.8 Å². The number of nitrogens with zero attached hydrogens (tertiary/aromatic N) is 1. The molecule has 2 aromatic carbocycles. The number of carbonyl (C=O) groups is 4. The normalized spacial score (nSPS) is 15.7. The number of esters is 2. The number of nitrogens with one attached hydrogen (secondary N) is 1. The topological polar surface area (TPSA) is 102 Å². The van der Waals surface area contributed by atoms with Crippen molar-refractivity contribution in [2.24, 2.45) is 5.92 Å². The van der Waals surface area contributed by atoms with Gasteiger partial charge < -0.3 is 19.7 Å². The van der Waals surface area contributed by atoms with Gasteiger partial charge in [-0.2, -0.15) is 0 Å². The molecule has 0 radical (unpaired) electrons. The van der Waals surface area contributed by atoms with Gasteiger partial charge in [0.2, 0.25) is 11.8 Å². The summed E-state index contributed by atoms with van der Waals surface area (Å²) in [7, 11) is 2.59. The number of methoxy groups -OCH3 is 2. The van der Waals surface area contributed by atoms with Crippen LogP contribution in [0.25, 0.3) is 0 Å². The van der Waals surface area contributed by atoms with Gasteiger partial charge in [0.05, 0.1) is 31.3 Å². The van der Waals surface area contributed by atoms with Gasteiger partial charge in [-0.15, -0.1) is 0 Å². The molecule has 1 aliphatic rings. The molecule has 1 unspecified atom stereocenters. The highest BCUT2D eigenvalue weighted by atomic mass is 16.5. The number of rotatable bonds is 5. The van der Waals surface area contributed by atoms with Crippen LogP contribution in [0.5, 0.6) is 0 Å². The average Bonchev–Trinajstić information content (AvgIpc) is 3.15. The van der Waals surface area contributed by atoms with E-state index in [1.165, 1.54) is 19.1 Å². The van der Waals surface area contributed by atoms with Crippen molar-refractivity contribution in [3.8, 4) is 0 Å². The molecule has 0 aromatic heterocycles. The first-order chi connectivity index (χ1) is 13.9. The Morgan fingerprint density at radius 3 is 1.93 bits per heavy atom. The highest BCUT2D eigenvalue weighted by molar-refractivity contribution is 6.04. The van der Waals surface area contributed by atoms with Crippen molar-refractivity contribution in [3.63, 3.8) is 0 Å². The third-order valence-corrected chi connectivity index (χ3v) is 4.67. The molecule has 8 nitrogen and oxygen atoms in total. The maximum absolute atomic E-state index is 12.6. The van der Waals surface area contributed by atoms with Gasteiger partial charge in [-0.25, -0.2) is 9.59 Å². The lowest BCUT2D eigenvalue weighted by Crippen LogP contribution is -2.28. The Balaban J connectivity index is 1.64. The van der Waals surface area contributed by atoms with Crippen LogP contribution in [-0.4, -0.2) is 44.5 Å². The standard InChI is InChI=1S/C21H20N2O6/c1-28-20(26)13-3-7-16(8-4-13)22-19(25)15-11-18(24)23(12-15)17-9-5-14(6-10-17)21(27)29-2/h3-10,15H,11-12H2,1-2H3,(H,22,25). The van der Waals surface area contributed by atoms with E-state index in [0.29, 0.717) is 22.5 Å². The van der Waals surface area contributed by atoms with Crippen LogP contribution in [0.4, 0.5) is 11.4 Å². The first-order valence-corrected chi connectivity index (χ1v) is 8.91. The molecule has 1 heterocycles. The summed E-state index contributed by atoms with van der Waals surface area (Å²) in [6.45, 7) is 0.239. The number of anilines is 2. The van der Waals surface area contributed by atoms with E-state index in [4.69, 9.17) is 0 Å². The predicted octanol–water partition coefficient (Wildman–Crippen LogP) is 2.25. The van der Waals surface area contributed by atoms with E-state index in [1.807, 2.05) is 0 Å². The fraction of sp³-hybridized carbons (Fsp3) is 0.238. The van der Waals surface area contributed by atoms with Crippen molar-refractivity contribution in [2.75, 3.05) is 31.0 Å². The van der Waals surface area contributed by atoms with E-state index in [-0.39, 0.29) is 24.8 Å². The molecular formula is C21H20N2O6. The van der Waals surface area contributed by atoms with Crippen LogP contribution in [0.2, 0.25) is 0 Å². The third-order valence-electron chi connectivity index (χ3n) is 4.67. The van der Waals surface area contributed by atoms with Crippen molar-refractivity contribution in [3.05, 3.63) is 59.7 Å². The number of amides is 2. The Labute approximate surface area is 167 Å². The number of hydrogen-bond donors (Lipinski definition) is 1. The molecule has 1 N–H and O–H groups in total. The fourth-order valence-corrected chi connectivity index (χ4v) is 3.08. The Morgan fingerprint density at radius 2 is 1.41 bits per heavy atom. The molecule has 29 heavy (non-hydrogen) atoms. The number of hydrogen-bond acceptors (Lipinski definition) is 6. The van der Waals surface area contributed by atoms with Crippen LogP contribution < -0.4 is 10.2 Å². The van der Waals surface area contributed by atoms with E-state index in [9.17, 15) is 19.2 Å². The summed E-state index contributed by atoms with van der Waals surface area (Å²) < 4.78 is 9.29. The van der Waals surface area contributed by atoms with Gasteiger partial charge in [-0.05, 0) is 48.5 Å². The minimum absolute atomic E-state index is 0.0881. The van der Waals surface area contributed by atoms with Gasteiger partial charge in [-0.1, -0.05) is 0 Å². The first kappa shape index (κ1) is 20.1. The van der Waals surface area contributed by atoms with Crippen LogP contribution in [0.3, 0.4) is 0 Å². The summed E-state index contributed by atoms with van der Waals surface area (Å²) in [6, 6.07) is 12.8. The molecule has 1 saturated heterocycles. The van der Waals surface area contributed by atoms with Crippen molar-refractivity contribution in [1.29, 1.82) is 0 Å². The molecule has 0 spiro atoms. The van der Waals surface area contributed by atoms with Crippen molar-refractivity contribution >= 4 is 35.1 Å². The Bertz CT molecular complexity index is 937. The highest BCUT2D eigenvalue weighted by Gasteiger charge is 2.35. The summed E-state index contributed by atoms with van der Waals surface area (Å²) in [5.41, 5.74) is 1.90. The lowest BCUT2D eigenvalue weighted by atomic mass is 10.1. The number of carbonyl (C=O) groups excluding carboxylic acids is 4. The van der Waals surface area contributed by atoms with Gasteiger partial charge >= 0.3 is 11.9 Å². The van der Waals surface area contributed by atoms with E-state index in [1.54, 1.807) is 48.5 Å². The largest absolute Gasteiger partial charge is 0.465 e. The molecular weight excluding hydrogens is 376 g/mol. The zero-order valence-electron chi connectivity index (χ0n) is 16.0. The lowest BCUT2D eigenvalue weighted by molar-refractivity contribution is -0.122. The molecule has 0 saturated carbocycles. The number of benzene rings is 2. The number of ether oxygens (including phenoxy) is 2. The van der Waals surface area contributed by atoms with Crippen molar-refractivity contribution in [1.82, 2.24) is 0 Å². The highest BCUT2D eigenvalue weighted by Crippen LogP contribution is 2.26. The molecule has 1 atom stereocenters. The maximum atomic E-state index is 12.6. The van der Waals surface area contributed by atoms with E-state index < -0.39 is 17.9 Å². The zero-order chi connectivity index (χ0) is 21.0. The minimum atomic E-state index is -0.511. The average molecular weight is 396 g/mol. The molecule has 0 bridgehead atoms. The Kier molecular flexibility index (Phi) is 5.92. The van der Waals surface area contributed by atoms with Crippen LogP contribution in [-0.2, 0) is 19.1 Å². The van der Waals surface area contributed by atoms with Gasteiger partial charge in [-0.3, -0.25) is 9.59 Å². The summed E-state index contributed by atoms with van der Waals surface area (Å²) in [5, 5.41) is 2.76. The molecule has 8 heteroatoms. The third kappa shape index (κ3) is 4.43.